The molecule has 0 atom stereocenters. The van der Waals surface area contributed by atoms with Crippen molar-refractivity contribution in [2.75, 3.05) is 13.7 Å². The Balaban J connectivity index is 1.83. The summed E-state index contributed by atoms with van der Waals surface area (Å²) in [6, 6.07) is 13.6. The fourth-order valence-corrected chi connectivity index (χ4v) is 3.72. The van der Waals surface area contributed by atoms with Crippen molar-refractivity contribution in [2.24, 2.45) is 0 Å². The van der Waals surface area contributed by atoms with Gasteiger partial charge in [0.05, 0.1) is 23.9 Å². The first-order chi connectivity index (χ1) is 14.6. The second-order valence-corrected chi connectivity index (χ2v) is 7.06. The largest absolute Gasteiger partial charge is 0.466 e. The standard InChI is InChI=1S/C24H20FNO4/c1-29-21(27)14-30-24(28)22-18-6-2-3-8-20(18)26-23-16(5-4-7-19(22)23)13-15-9-11-17(25)12-10-15/h2-3,6,8-13H,4-5,7,14H2,1H3/b16-13+. The number of para-hydroxylation sites is 1. The van der Waals surface area contributed by atoms with Gasteiger partial charge in [-0.3, -0.25) is 0 Å². The molecule has 0 saturated carbocycles. The topological polar surface area (TPSA) is 65.5 Å². The van der Waals surface area contributed by atoms with E-state index in [2.05, 4.69) is 4.74 Å². The van der Waals surface area contributed by atoms with Crippen LogP contribution in [0, 0.1) is 5.82 Å². The minimum atomic E-state index is -0.618. The Hall–Kier alpha value is -3.54. The number of hydrogen-bond acceptors (Lipinski definition) is 5. The molecule has 1 heterocycles. The quantitative estimate of drug-likeness (QED) is 0.595. The number of ether oxygens (including phenoxy) is 2. The van der Waals surface area contributed by atoms with Gasteiger partial charge in [-0.25, -0.2) is 19.0 Å². The van der Waals surface area contributed by atoms with E-state index in [0.717, 1.165) is 35.2 Å². The number of hydrogen-bond donors (Lipinski definition) is 0. The molecule has 0 spiro atoms. The Morgan fingerprint density at radius 2 is 1.87 bits per heavy atom. The summed E-state index contributed by atoms with van der Waals surface area (Å²) >= 11 is 0. The molecule has 30 heavy (non-hydrogen) atoms. The summed E-state index contributed by atoms with van der Waals surface area (Å²) in [4.78, 5) is 29.2. The molecular weight excluding hydrogens is 385 g/mol. The Kier molecular flexibility index (Phi) is 5.57. The number of halogens is 1. The minimum absolute atomic E-state index is 0.291. The second kappa shape index (κ2) is 8.45. The molecule has 1 aromatic heterocycles. The zero-order valence-corrected chi connectivity index (χ0v) is 16.5. The Labute approximate surface area is 173 Å². The lowest BCUT2D eigenvalue weighted by Crippen LogP contribution is -2.19. The summed E-state index contributed by atoms with van der Waals surface area (Å²) in [5, 5.41) is 0.689. The number of methoxy groups -OCH3 is 1. The highest BCUT2D eigenvalue weighted by molar-refractivity contribution is 6.07. The molecule has 0 radical (unpaired) electrons. The number of rotatable bonds is 4. The molecule has 3 aromatic rings. The van der Waals surface area contributed by atoms with Gasteiger partial charge in [0.15, 0.2) is 6.61 Å². The van der Waals surface area contributed by atoms with Crippen molar-refractivity contribution in [3.63, 3.8) is 0 Å². The number of aromatic nitrogens is 1. The van der Waals surface area contributed by atoms with E-state index >= 15 is 0 Å². The number of esters is 2. The number of carbonyl (C=O) groups is 2. The third-order valence-electron chi connectivity index (χ3n) is 5.13. The van der Waals surface area contributed by atoms with Gasteiger partial charge in [0.2, 0.25) is 0 Å². The van der Waals surface area contributed by atoms with E-state index < -0.39 is 18.5 Å². The molecule has 0 aliphatic heterocycles. The Morgan fingerprint density at radius 1 is 1.10 bits per heavy atom. The third-order valence-corrected chi connectivity index (χ3v) is 5.13. The smallest absolute Gasteiger partial charge is 0.344 e. The van der Waals surface area contributed by atoms with Crippen LogP contribution in [0.15, 0.2) is 48.5 Å². The second-order valence-electron chi connectivity index (χ2n) is 7.06. The number of benzene rings is 2. The lowest BCUT2D eigenvalue weighted by molar-refractivity contribution is -0.144. The van der Waals surface area contributed by atoms with Gasteiger partial charge < -0.3 is 9.47 Å². The molecular formula is C24H20FNO4. The average Bonchev–Trinajstić information content (AvgIpc) is 2.77. The van der Waals surface area contributed by atoms with Gasteiger partial charge in [-0.1, -0.05) is 30.3 Å². The summed E-state index contributed by atoms with van der Waals surface area (Å²) in [6.07, 6.45) is 4.29. The molecule has 5 nitrogen and oxygen atoms in total. The van der Waals surface area contributed by atoms with Crippen LogP contribution in [0.4, 0.5) is 4.39 Å². The van der Waals surface area contributed by atoms with Crippen molar-refractivity contribution in [3.8, 4) is 0 Å². The van der Waals surface area contributed by atoms with Gasteiger partial charge in [0.25, 0.3) is 0 Å². The minimum Gasteiger partial charge on any atom is -0.466 e. The van der Waals surface area contributed by atoms with Crippen LogP contribution in [0.1, 0.15) is 40.0 Å². The van der Waals surface area contributed by atoms with Crippen LogP contribution in [0.2, 0.25) is 0 Å². The van der Waals surface area contributed by atoms with E-state index in [1.54, 1.807) is 12.1 Å². The van der Waals surface area contributed by atoms with E-state index in [-0.39, 0.29) is 5.82 Å². The van der Waals surface area contributed by atoms with Crippen LogP contribution < -0.4 is 0 Å². The number of carbonyl (C=O) groups excluding carboxylic acids is 2. The molecule has 6 heteroatoms. The van der Waals surface area contributed by atoms with E-state index in [1.165, 1.54) is 19.2 Å². The van der Waals surface area contributed by atoms with Gasteiger partial charge in [-0.05, 0) is 60.2 Å². The zero-order valence-electron chi connectivity index (χ0n) is 16.5. The average molecular weight is 405 g/mol. The maximum atomic E-state index is 13.3. The Morgan fingerprint density at radius 3 is 2.63 bits per heavy atom. The predicted octanol–water partition coefficient (Wildman–Crippen LogP) is 4.58. The molecule has 1 aliphatic rings. The fraction of sp³-hybridized carbons (Fsp3) is 0.208. The van der Waals surface area contributed by atoms with Crippen molar-refractivity contribution in [2.45, 2.75) is 19.3 Å². The van der Waals surface area contributed by atoms with Crippen LogP contribution in [0.5, 0.6) is 0 Å². The lowest BCUT2D eigenvalue weighted by Gasteiger charge is -2.22. The van der Waals surface area contributed by atoms with Gasteiger partial charge in [0.1, 0.15) is 5.82 Å². The summed E-state index contributed by atoms with van der Waals surface area (Å²) in [6.45, 7) is -0.445. The highest BCUT2D eigenvalue weighted by Gasteiger charge is 2.26. The van der Waals surface area contributed by atoms with Crippen LogP contribution in [0.25, 0.3) is 22.6 Å². The van der Waals surface area contributed by atoms with E-state index in [9.17, 15) is 14.0 Å². The molecule has 1 aliphatic carbocycles. The van der Waals surface area contributed by atoms with E-state index in [4.69, 9.17) is 9.72 Å². The van der Waals surface area contributed by atoms with Crippen LogP contribution in [-0.2, 0) is 20.7 Å². The lowest BCUT2D eigenvalue weighted by atomic mass is 9.86. The van der Waals surface area contributed by atoms with Crippen molar-refractivity contribution in [1.82, 2.24) is 4.98 Å². The molecule has 0 bridgehead atoms. The molecule has 0 amide bonds. The normalized spacial score (nSPS) is 14.4. The number of fused-ring (bicyclic) bond motifs is 2. The van der Waals surface area contributed by atoms with E-state index in [1.807, 2.05) is 30.3 Å². The summed E-state index contributed by atoms with van der Waals surface area (Å²) in [7, 11) is 1.24. The van der Waals surface area contributed by atoms with Crippen molar-refractivity contribution >= 4 is 34.5 Å². The van der Waals surface area contributed by atoms with Crippen molar-refractivity contribution < 1.29 is 23.5 Å². The van der Waals surface area contributed by atoms with Gasteiger partial charge in [-0.15, -0.1) is 0 Å². The first kappa shape index (κ1) is 19.8. The van der Waals surface area contributed by atoms with Crippen LogP contribution in [-0.4, -0.2) is 30.6 Å². The maximum Gasteiger partial charge on any atom is 0.344 e. The molecule has 4 rings (SSSR count). The number of allylic oxidation sites excluding steroid dienone is 1. The summed E-state index contributed by atoms with van der Waals surface area (Å²) in [5.74, 6) is -1.48. The zero-order chi connectivity index (χ0) is 21.1. The molecule has 0 N–H and O–H groups in total. The first-order valence-corrected chi connectivity index (χ1v) is 9.69. The van der Waals surface area contributed by atoms with Crippen molar-refractivity contribution in [1.29, 1.82) is 0 Å². The van der Waals surface area contributed by atoms with Gasteiger partial charge in [0, 0.05) is 5.39 Å². The summed E-state index contributed by atoms with van der Waals surface area (Å²) < 4.78 is 23.0. The number of nitrogens with zero attached hydrogens (tertiary/aromatic N) is 1. The highest BCUT2D eigenvalue weighted by Crippen LogP contribution is 2.36. The van der Waals surface area contributed by atoms with Crippen LogP contribution in [0.3, 0.4) is 0 Å². The highest BCUT2D eigenvalue weighted by atomic mass is 19.1. The number of pyridine rings is 1. The SMILES string of the molecule is COC(=O)COC(=O)c1c2c(nc3ccccc13)/C(=C/c1ccc(F)cc1)CCC2. The van der Waals surface area contributed by atoms with Crippen LogP contribution >= 0.6 is 0 Å². The molecule has 0 saturated heterocycles. The fourth-order valence-electron chi connectivity index (χ4n) is 3.72. The molecule has 152 valence electrons. The predicted molar refractivity (Wildman–Crippen MR) is 111 cm³/mol. The maximum absolute atomic E-state index is 13.3. The third kappa shape index (κ3) is 3.94. The molecule has 2 aromatic carbocycles. The summed E-state index contributed by atoms with van der Waals surface area (Å²) in [5.41, 5.74) is 4.51. The van der Waals surface area contributed by atoms with E-state index in [0.29, 0.717) is 22.9 Å². The van der Waals surface area contributed by atoms with Gasteiger partial charge >= 0.3 is 11.9 Å². The van der Waals surface area contributed by atoms with Gasteiger partial charge in [-0.2, -0.15) is 0 Å². The first-order valence-electron chi connectivity index (χ1n) is 9.69. The molecule has 0 fully saturated rings. The Bertz CT molecular complexity index is 1150. The monoisotopic (exact) mass is 405 g/mol. The molecule has 0 unspecified atom stereocenters. The van der Waals surface area contributed by atoms with Crippen molar-refractivity contribution in [3.05, 3.63) is 76.7 Å².